The quantitative estimate of drug-likeness (QED) is 0.599. The summed E-state index contributed by atoms with van der Waals surface area (Å²) in [6.45, 7) is 3.94. The number of fused-ring (bicyclic) bond motifs is 1. The third-order valence-corrected chi connectivity index (χ3v) is 4.07. The van der Waals surface area contributed by atoms with Gasteiger partial charge < -0.3 is 9.73 Å². The Kier molecular flexibility index (Phi) is 3.46. The van der Waals surface area contributed by atoms with E-state index in [0.29, 0.717) is 22.4 Å². The van der Waals surface area contributed by atoms with Crippen LogP contribution in [0.15, 0.2) is 47.1 Å². The average Bonchev–Trinajstić information content (AvgIpc) is 3.22. The maximum absolute atomic E-state index is 5.95. The third kappa shape index (κ3) is 2.51. The van der Waals surface area contributed by atoms with Gasteiger partial charge in [-0.05, 0) is 50.2 Å². The number of furan rings is 1. The summed E-state index contributed by atoms with van der Waals surface area (Å²) in [6, 6.07) is 11.1. The predicted octanol–water partition coefficient (Wildman–Crippen LogP) is 4.40. The summed E-state index contributed by atoms with van der Waals surface area (Å²) < 4.78 is 7.07. The van der Waals surface area contributed by atoms with Gasteiger partial charge in [0.1, 0.15) is 5.82 Å². The first kappa shape index (κ1) is 14.7. The van der Waals surface area contributed by atoms with Crippen molar-refractivity contribution < 1.29 is 4.42 Å². The second-order valence-electron chi connectivity index (χ2n) is 5.43. The number of benzene rings is 1. The Bertz CT molecular complexity index is 1010. The third-order valence-electron chi connectivity index (χ3n) is 3.82. The van der Waals surface area contributed by atoms with Gasteiger partial charge in [-0.2, -0.15) is 9.50 Å². The average molecular weight is 340 g/mol. The van der Waals surface area contributed by atoms with Gasteiger partial charge in [0.15, 0.2) is 5.76 Å². The van der Waals surface area contributed by atoms with Gasteiger partial charge in [-0.15, -0.1) is 5.10 Å². The van der Waals surface area contributed by atoms with Crippen molar-refractivity contribution in [1.82, 2.24) is 19.6 Å². The fourth-order valence-corrected chi connectivity index (χ4v) is 2.54. The van der Waals surface area contributed by atoms with Gasteiger partial charge >= 0.3 is 0 Å². The number of anilines is 2. The standard InChI is InChI=1S/C17H14ClN5O/c1-10-11(2)19-17-21-15(14-4-3-9-24-14)22-23(17)16(10)20-13-7-5-12(18)6-8-13/h3-9,20H,1-2H3. The van der Waals surface area contributed by atoms with Crippen LogP contribution in [0.5, 0.6) is 0 Å². The lowest BCUT2D eigenvalue weighted by molar-refractivity contribution is 0.577. The molecule has 1 N–H and O–H groups in total. The van der Waals surface area contributed by atoms with E-state index in [9.17, 15) is 0 Å². The fourth-order valence-electron chi connectivity index (χ4n) is 2.42. The van der Waals surface area contributed by atoms with Gasteiger partial charge in [-0.25, -0.2) is 4.98 Å². The van der Waals surface area contributed by atoms with Crippen LogP contribution in [-0.2, 0) is 0 Å². The largest absolute Gasteiger partial charge is 0.461 e. The summed E-state index contributed by atoms with van der Waals surface area (Å²) in [5, 5.41) is 8.59. The fraction of sp³-hybridized carbons (Fsp3) is 0.118. The van der Waals surface area contributed by atoms with Crippen molar-refractivity contribution in [3.05, 3.63) is 58.9 Å². The van der Waals surface area contributed by atoms with E-state index in [0.717, 1.165) is 22.8 Å². The molecule has 0 spiro atoms. The molecule has 0 atom stereocenters. The molecule has 7 heteroatoms. The van der Waals surface area contributed by atoms with Crippen molar-refractivity contribution in [2.45, 2.75) is 13.8 Å². The molecule has 0 amide bonds. The van der Waals surface area contributed by atoms with Gasteiger partial charge in [0.05, 0.1) is 6.26 Å². The topological polar surface area (TPSA) is 68.2 Å². The van der Waals surface area contributed by atoms with Crippen molar-refractivity contribution >= 4 is 28.9 Å². The first-order chi connectivity index (χ1) is 11.6. The number of rotatable bonds is 3. The van der Waals surface area contributed by atoms with E-state index in [1.165, 1.54) is 0 Å². The number of hydrogen-bond donors (Lipinski definition) is 1. The lowest BCUT2D eigenvalue weighted by atomic mass is 10.2. The molecule has 0 aliphatic heterocycles. The van der Waals surface area contributed by atoms with Crippen molar-refractivity contribution in [3.63, 3.8) is 0 Å². The van der Waals surface area contributed by atoms with Gasteiger partial charge in [0.2, 0.25) is 5.82 Å². The molecule has 3 heterocycles. The summed E-state index contributed by atoms with van der Waals surface area (Å²) in [7, 11) is 0. The van der Waals surface area contributed by atoms with Gasteiger partial charge in [-0.1, -0.05) is 11.6 Å². The van der Waals surface area contributed by atoms with Crippen LogP contribution in [0.3, 0.4) is 0 Å². The number of halogens is 1. The molecule has 4 rings (SSSR count). The Morgan fingerprint density at radius 3 is 2.58 bits per heavy atom. The molecule has 0 unspecified atom stereocenters. The monoisotopic (exact) mass is 339 g/mol. The van der Waals surface area contributed by atoms with E-state index in [1.807, 2.05) is 44.2 Å². The number of nitrogens with zero attached hydrogens (tertiary/aromatic N) is 4. The van der Waals surface area contributed by atoms with E-state index in [-0.39, 0.29) is 0 Å². The van der Waals surface area contributed by atoms with Crippen LogP contribution in [0.4, 0.5) is 11.5 Å². The highest BCUT2D eigenvalue weighted by Gasteiger charge is 2.16. The minimum Gasteiger partial charge on any atom is -0.461 e. The van der Waals surface area contributed by atoms with E-state index in [2.05, 4.69) is 20.4 Å². The Morgan fingerprint density at radius 2 is 1.88 bits per heavy atom. The zero-order valence-electron chi connectivity index (χ0n) is 13.1. The molecule has 0 saturated carbocycles. The highest BCUT2D eigenvalue weighted by molar-refractivity contribution is 6.30. The second kappa shape index (κ2) is 5.65. The number of aromatic nitrogens is 4. The SMILES string of the molecule is Cc1nc2nc(-c3ccco3)nn2c(Nc2ccc(Cl)cc2)c1C. The van der Waals surface area contributed by atoms with Crippen molar-refractivity contribution in [2.24, 2.45) is 0 Å². The zero-order valence-corrected chi connectivity index (χ0v) is 13.9. The normalized spacial score (nSPS) is 11.1. The van der Waals surface area contributed by atoms with E-state index < -0.39 is 0 Å². The summed E-state index contributed by atoms with van der Waals surface area (Å²) >= 11 is 5.95. The number of hydrogen-bond acceptors (Lipinski definition) is 5. The Labute approximate surface area is 143 Å². The molecule has 0 aliphatic rings. The van der Waals surface area contributed by atoms with E-state index in [1.54, 1.807) is 16.8 Å². The molecular formula is C17H14ClN5O. The second-order valence-corrected chi connectivity index (χ2v) is 5.86. The molecule has 0 saturated heterocycles. The molecule has 1 aromatic carbocycles. The Morgan fingerprint density at radius 1 is 1.08 bits per heavy atom. The molecule has 4 aromatic rings. The summed E-state index contributed by atoms with van der Waals surface area (Å²) in [5.41, 5.74) is 2.79. The lowest BCUT2D eigenvalue weighted by Crippen LogP contribution is -2.06. The van der Waals surface area contributed by atoms with Crippen molar-refractivity contribution in [1.29, 1.82) is 0 Å². The van der Waals surface area contributed by atoms with Gasteiger partial charge in [-0.3, -0.25) is 0 Å². The Balaban J connectivity index is 1.86. The maximum atomic E-state index is 5.95. The number of nitrogens with one attached hydrogen (secondary N) is 1. The van der Waals surface area contributed by atoms with E-state index in [4.69, 9.17) is 16.0 Å². The minimum absolute atomic E-state index is 0.497. The van der Waals surface area contributed by atoms with Crippen LogP contribution in [0.25, 0.3) is 17.4 Å². The predicted molar refractivity (Wildman–Crippen MR) is 92.7 cm³/mol. The van der Waals surface area contributed by atoms with Crippen LogP contribution in [0.1, 0.15) is 11.3 Å². The first-order valence-corrected chi connectivity index (χ1v) is 7.80. The maximum Gasteiger partial charge on any atom is 0.255 e. The van der Waals surface area contributed by atoms with Gasteiger partial charge in [0, 0.05) is 22.0 Å². The first-order valence-electron chi connectivity index (χ1n) is 7.42. The molecule has 0 fully saturated rings. The smallest absolute Gasteiger partial charge is 0.255 e. The minimum atomic E-state index is 0.497. The molecule has 24 heavy (non-hydrogen) atoms. The summed E-state index contributed by atoms with van der Waals surface area (Å²) in [6.07, 6.45) is 1.60. The zero-order chi connectivity index (χ0) is 16.7. The Hall–Kier alpha value is -2.86. The number of aryl methyl sites for hydroxylation is 1. The van der Waals surface area contributed by atoms with Crippen molar-refractivity contribution in [3.8, 4) is 11.6 Å². The molecule has 0 bridgehead atoms. The molecular weight excluding hydrogens is 326 g/mol. The summed E-state index contributed by atoms with van der Waals surface area (Å²) in [5.74, 6) is 2.43. The molecule has 0 aliphatic carbocycles. The molecule has 0 radical (unpaired) electrons. The van der Waals surface area contributed by atoms with Crippen LogP contribution in [0.2, 0.25) is 5.02 Å². The summed E-state index contributed by atoms with van der Waals surface area (Å²) in [4.78, 5) is 8.97. The molecule has 6 nitrogen and oxygen atoms in total. The molecule has 3 aromatic heterocycles. The van der Waals surface area contributed by atoms with Crippen molar-refractivity contribution in [2.75, 3.05) is 5.32 Å². The highest BCUT2D eigenvalue weighted by Crippen LogP contribution is 2.25. The van der Waals surface area contributed by atoms with Crippen LogP contribution < -0.4 is 5.32 Å². The van der Waals surface area contributed by atoms with Crippen LogP contribution in [-0.4, -0.2) is 19.6 Å². The highest BCUT2D eigenvalue weighted by atomic mass is 35.5. The van der Waals surface area contributed by atoms with E-state index >= 15 is 0 Å². The van der Waals surface area contributed by atoms with Crippen LogP contribution in [0, 0.1) is 13.8 Å². The lowest BCUT2D eigenvalue weighted by Gasteiger charge is -2.12. The van der Waals surface area contributed by atoms with Crippen LogP contribution >= 0.6 is 11.6 Å². The molecule has 120 valence electrons. The van der Waals surface area contributed by atoms with Gasteiger partial charge in [0.25, 0.3) is 5.78 Å².